The van der Waals surface area contributed by atoms with E-state index in [1.165, 1.54) is 12.1 Å². The fourth-order valence-electron chi connectivity index (χ4n) is 11.6. The van der Waals surface area contributed by atoms with E-state index in [0.717, 1.165) is 57.7 Å². The number of hydrogen-bond acceptors (Lipinski definition) is 10. The number of hydrogen-bond donors (Lipinski definition) is 1. The topological polar surface area (TPSA) is 172 Å². The third-order valence-electron chi connectivity index (χ3n) is 15.5. The maximum absolute atomic E-state index is 15.6. The zero-order valence-electron chi connectivity index (χ0n) is 40.5. The summed E-state index contributed by atoms with van der Waals surface area (Å²) in [7, 11) is 0. The molecule has 2 aromatic carbocycles. The quantitative estimate of drug-likeness (QED) is 0.135. The minimum Gasteiger partial charge on any atom is -0.381 e. The van der Waals surface area contributed by atoms with Gasteiger partial charge in [-0.15, -0.1) is 0 Å². The number of nitrogens with one attached hydrogen (secondary N) is 1. The molecule has 0 radical (unpaired) electrons. The standard InChI is InChI=1S/C54H55F2N9O7/c1-31(66)61-22-14-44-42(29-61)49(59-65(44)35-15-23-72-24-16-35)62-19-4-5-33-26-37(38(48(55)56)27-46(33)62)41-30-63(43-11-18-57-28-40(41)43)34-12-20-60(21-13-34)53(71)54(2,3)17-10-32-6-7-36-39(25-32)52(70)64(51(36)69)45-8-9-47(67)58-50(45)68/h6-7,11,18,25-28,30,34-35,45,48H,4-5,8-9,12-16,19-24,29H2,1-3H3,(H,58,67,68). The zero-order chi connectivity index (χ0) is 50.2. The minimum atomic E-state index is -2.78. The Morgan fingerprint density at radius 1 is 0.847 bits per heavy atom. The molecule has 3 fully saturated rings. The van der Waals surface area contributed by atoms with E-state index in [2.05, 4.69) is 36.3 Å². The van der Waals surface area contributed by atoms with Crippen LogP contribution in [0.4, 0.5) is 20.3 Å². The van der Waals surface area contributed by atoms with Crippen LogP contribution < -0.4 is 10.2 Å². The summed E-state index contributed by atoms with van der Waals surface area (Å²) in [6, 6.07) is 9.13. The van der Waals surface area contributed by atoms with Crippen molar-refractivity contribution in [3.63, 3.8) is 0 Å². The number of imide groups is 2. The fourth-order valence-corrected chi connectivity index (χ4v) is 11.6. The van der Waals surface area contributed by atoms with Gasteiger partial charge in [0, 0.05) is 123 Å². The van der Waals surface area contributed by atoms with Crippen LogP contribution in [0, 0.1) is 17.3 Å². The normalized spacial score (nSPS) is 19.9. The first-order valence-electron chi connectivity index (χ1n) is 25.0. The van der Waals surface area contributed by atoms with Gasteiger partial charge in [-0.25, -0.2) is 8.78 Å². The number of rotatable bonds is 7. The van der Waals surface area contributed by atoms with Crippen molar-refractivity contribution >= 4 is 57.9 Å². The number of benzene rings is 2. The molecule has 6 amide bonds. The Labute approximate surface area is 414 Å². The summed E-state index contributed by atoms with van der Waals surface area (Å²) in [6.45, 7) is 8.87. The van der Waals surface area contributed by atoms with Gasteiger partial charge in [-0.05, 0) is 106 Å². The highest BCUT2D eigenvalue weighted by Crippen LogP contribution is 2.46. The molecular formula is C54H55F2N9O7. The number of halogens is 2. The molecule has 372 valence electrons. The summed E-state index contributed by atoms with van der Waals surface area (Å²) in [6.07, 6.45) is 7.76. The third-order valence-corrected chi connectivity index (χ3v) is 15.5. The van der Waals surface area contributed by atoms with E-state index in [9.17, 15) is 28.8 Å². The molecule has 16 nitrogen and oxygen atoms in total. The highest BCUT2D eigenvalue weighted by molar-refractivity contribution is 6.23. The number of carbonyl (C=O) groups excluding carboxylic acids is 6. The molecule has 0 aliphatic carbocycles. The highest BCUT2D eigenvalue weighted by Gasteiger charge is 2.45. The van der Waals surface area contributed by atoms with E-state index in [4.69, 9.17) is 9.84 Å². The Morgan fingerprint density at radius 3 is 2.38 bits per heavy atom. The van der Waals surface area contributed by atoms with Gasteiger partial charge in [0.1, 0.15) is 11.5 Å². The summed E-state index contributed by atoms with van der Waals surface area (Å²) in [5.41, 5.74) is 5.22. The number of pyridine rings is 1. The molecule has 1 atom stereocenters. The Bertz CT molecular complexity index is 3170. The summed E-state index contributed by atoms with van der Waals surface area (Å²) < 4.78 is 41.1. The maximum atomic E-state index is 15.6. The van der Waals surface area contributed by atoms with Crippen LogP contribution in [0.3, 0.4) is 0 Å². The van der Waals surface area contributed by atoms with Crippen LogP contribution in [0.2, 0.25) is 0 Å². The molecule has 3 aromatic heterocycles. The molecule has 9 heterocycles. The van der Waals surface area contributed by atoms with Gasteiger partial charge in [0.25, 0.3) is 18.2 Å². The van der Waals surface area contributed by atoms with Crippen molar-refractivity contribution in [1.29, 1.82) is 0 Å². The molecule has 3 saturated heterocycles. The number of aryl methyl sites for hydroxylation is 1. The zero-order valence-corrected chi connectivity index (χ0v) is 40.5. The van der Waals surface area contributed by atoms with Crippen molar-refractivity contribution in [2.45, 2.75) is 110 Å². The second-order valence-electron chi connectivity index (χ2n) is 20.3. The number of anilines is 2. The molecule has 0 saturated carbocycles. The van der Waals surface area contributed by atoms with Crippen molar-refractivity contribution in [3.05, 3.63) is 94.1 Å². The molecular weight excluding hydrogens is 925 g/mol. The number of piperidine rings is 2. The number of amides is 6. The predicted octanol–water partition coefficient (Wildman–Crippen LogP) is 6.82. The summed E-state index contributed by atoms with van der Waals surface area (Å²) in [5.74, 6) is 4.30. The molecule has 1 N–H and O–H groups in total. The van der Waals surface area contributed by atoms with Crippen LogP contribution in [0.5, 0.6) is 0 Å². The lowest BCUT2D eigenvalue weighted by molar-refractivity contribution is -0.139. The lowest BCUT2D eigenvalue weighted by Gasteiger charge is -2.36. The van der Waals surface area contributed by atoms with E-state index < -0.39 is 41.5 Å². The van der Waals surface area contributed by atoms with Gasteiger partial charge < -0.3 is 24.0 Å². The average Bonchev–Trinajstić information content (AvgIpc) is 4.04. The second-order valence-corrected chi connectivity index (χ2v) is 20.3. The van der Waals surface area contributed by atoms with E-state index in [1.807, 2.05) is 23.2 Å². The largest absolute Gasteiger partial charge is 0.381 e. The number of aromatic nitrogens is 4. The van der Waals surface area contributed by atoms with Crippen molar-refractivity contribution in [2.24, 2.45) is 5.41 Å². The number of likely N-dealkylation sites (tertiary alicyclic amines) is 1. The molecule has 11 rings (SSSR count). The summed E-state index contributed by atoms with van der Waals surface area (Å²) >= 11 is 0. The average molecular weight is 980 g/mol. The van der Waals surface area contributed by atoms with Gasteiger partial charge in [-0.2, -0.15) is 5.10 Å². The third kappa shape index (κ3) is 8.20. The van der Waals surface area contributed by atoms with Gasteiger partial charge >= 0.3 is 0 Å². The SMILES string of the molecule is CC(=O)N1CCc2c(c(N3CCCc4cc(-c5cn(C6CCN(C(=O)C(C)(C)C#Cc7ccc8c(c7)C(=O)N(C7CCC(=O)NC7=O)C8=O)CC6)c6ccncc56)c(C(F)F)cc43)nn2C2CCOCC2)C1. The predicted molar refractivity (Wildman–Crippen MR) is 260 cm³/mol. The summed E-state index contributed by atoms with van der Waals surface area (Å²) in [5, 5.41) is 8.21. The number of ether oxygens (including phenoxy) is 1. The van der Waals surface area contributed by atoms with Crippen molar-refractivity contribution in [1.82, 2.24) is 39.3 Å². The molecule has 6 aliphatic heterocycles. The number of carbonyl (C=O) groups is 6. The number of nitrogens with zero attached hydrogens (tertiary/aromatic N) is 8. The van der Waals surface area contributed by atoms with Gasteiger partial charge in [0.2, 0.25) is 23.6 Å². The van der Waals surface area contributed by atoms with Gasteiger partial charge in [0.15, 0.2) is 5.82 Å². The first kappa shape index (κ1) is 47.1. The minimum absolute atomic E-state index is 0.00798. The molecule has 72 heavy (non-hydrogen) atoms. The van der Waals surface area contributed by atoms with Crippen LogP contribution >= 0.6 is 0 Å². The van der Waals surface area contributed by atoms with E-state index in [0.29, 0.717) is 94.0 Å². The van der Waals surface area contributed by atoms with Crippen LogP contribution in [0.1, 0.15) is 133 Å². The van der Waals surface area contributed by atoms with Gasteiger partial charge in [-0.1, -0.05) is 11.8 Å². The monoisotopic (exact) mass is 979 g/mol. The molecule has 5 aromatic rings. The lowest BCUT2D eigenvalue weighted by atomic mass is 9.90. The van der Waals surface area contributed by atoms with Gasteiger partial charge in [0.05, 0.1) is 29.2 Å². The summed E-state index contributed by atoms with van der Waals surface area (Å²) in [4.78, 5) is 88.7. The maximum Gasteiger partial charge on any atom is 0.264 e. The van der Waals surface area contributed by atoms with Crippen LogP contribution in [-0.4, -0.2) is 115 Å². The van der Waals surface area contributed by atoms with Crippen molar-refractivity contribution in [3.8, 4) is 23.0 Å². The van der Waals surface area contributed by atoms with Crippen LogP contribution in [0.15, 0.2) is 55.0 Å². The molecule has 1 unspecified atom stereocenters. The fraction of sp³-hybridized carbons (Fsp3) is 0.444. The Kier molecular flexibility index (Phi) is 12.0. The molecule has 0 bridgehead atoms. The highest BCUT2D eigenvalue weighted by atomic mass is 19.3. The van der Waals surface area contributed by atoms with E-state index in [1.54, 1.807) is 50.2 Å². The molecule has 0 spiro atoms. The van der Waals surface area contributed by atoms with Crippen molar-refractivity contribution in [2.75, 3.05) is 44.3 Å². The molecule has 18 heteroatoms. The smallest absolute Gasteiger partial charge is 0.264 e. The van der Waals surface area contributed by atoms with E-state index >= 15 is 8.78 Å². The van der Waals surface area contributed by atoms with Crippen molar-refractivity contribution < 1.29 is 42.3 Å². The second kappa shape index (κ2) is 18.4. The van der Waals surface area contributed by atoms with E-state index in [-0.39, 0.29) is 53.4 Å². The Morgan fingerprint density at radius 2 is 1.62 bits per heavy atom. The number of fused-ring (bicyclic) bond motifs is 4. The van der Waals surface area contributed by atoms with Gasteiger partial charge in [-0.3, -0.25) is 48.6 Å². The Balaban J connectivity index is 0.829. The van der Waals surface area contributed by atoms with Crippen LogP contribution in [-0.2, 0) is 43.3 Å². The Hall–Kier alpha value is -7.26. The first-order valence-corrected chi connectivity index (χ1v) is 25.0. The van der Waals surface area contributed by atoms with Crippen LogP contribution in [0.25, 0.3) is 22.0 Å². The molecule has 6 aliphatic rings. The lowest BCUT2D eigenvalue weighted by Crippen LogP contribution is -2.54. The number of alkyl halides is 2. The first-order chi connectivity index (χ1) is 34.7.